The van der Waals surface area contributed by atoms with Gasteiger partial charge in [0.25, 0.3) is 0 Å². The van der Waals surface area contributed by atoms with E-state index in [4.69, 9.17) is 0 Å². The molecule has 1 aromatic carbocycles. The molecule has 29 heavy (non-hydrogen) atoms. The van der Waals surface area contributed by atoms with Gasteiger partial charge in [-0.05, 0) is 43.5 Å². The number of hydrogen-bond acceptors (Lipinski definition) is 5. The molecule has 4 rings (SSSR count). The van der Waals surface area contributed by atoms with E-state index in [0.29, 0.717) is 24.7 Å². The lowest BCUT2D eigenvalue weighted by Crippen LogP contribution is -2.44. The van der Waals surface area contributed by atoms with E-state index in [2.05, 4.69) is 29.2 Å². The molecule has 7 nitrogen and oxygen atoms in total. The Morgan fingerprint density at radius 2 is 2.00 bits per heavy atom. The fourth-order valence-electron chi connectivity index (χ4n) is 3.56. The lowest BCUT2D eigenvalue weighted by molar-refractivity contribution is -0.144. The summed E-state index contributed by atoms with van der Waals surface area (Å²) in [5.74, 6) is -0.709. The van der Waals surface area contributed by atoms with Crippen molar-refractivity contribution < 1.29 is 9.59 Å². The monoisotopic (exact) mass is 411 g/mol. The first kappa shape index (κ1) is 19.6. The van der Waals surface area contributed by atoms with Crippen LogP contribution in [-0.2, 0) is 9.59 Å². The molecule has 2 aromatic heterocycles. The van der Waals surface area contributed by atoms with Crippen LogP contribution in [0.1, 0.15) is 49.2 Å². The van der Waals surface area contributed by atoms with E-state index < -0.39 is 11.8 Å². The molecular formula is C21H25N5O2S. The van der Waals surface area contributed by atoms with Gasteiger partial charge in [0.1, 0.15) is 0 Å². The maximum atomic E-state index is 12.6. The molecule has 8 heteroatoms. The Morgan fingerprint density at radius 1 is 1.24 bits per heavy atom. The highest BCUT2D eigenvalue weighted by molar-refractivity contribution is 7.18. The number of piperidine rings is 1. The highest BCUT2D eigenvalue weighted by Crippen LogP contribution is 2.29. The van der Waals surface area contributed by atoms with Gasteiger partial charge in [0.05, 0.1) is 27.5 Å². The van der Waals surface area contributed by atoms with E-state index in [-0.39, 0.29) is 6.04 Å². The number of carbonyl (C=O) groups excluding carboxylic acids is 2. The van der Waals surface area contributed by atoms with Crippen molar-refractivity contribution in [1.29, 1.82) is 0 Å². The van der Waals surface area contributed by atoms with Crippen molar-refractivity contribution in [3.63, 3.8) is 0 Å². The molecule has 3 heterocycles. The zero-order chi connectivity index (χ0) is 20.5. The third-order valence-corrected chi connectivity index (χ3v) is 6.53. The van der Waals surface area contributed by atoms with Crippen molar-refractivity contribution in [1.82, 2.24) is 19.7 Å². The Bertz CT molecular complexity index is 1050. The number of nitrogens with one attached hydrogen (secondary N) is 1. The summed E-state index contributed by atoms with van der Waals surface area (Å²) in [6.07, 6.45) is 5.46. The molecule has 1 fully saturated rings. The molecule has 1 N–H and O–H groups in total. The number of anilines is 1. The van der Waals surface area contributed by atoms with Crippen molar-refractivity contribution in [2.45, 2.75) is 45.6 Å². The molecule has 1 aliphatic rings. The van der Waals surface area contributed by atoms with Crippen LogP contribution in [0, 0.1) is 6.92 Å². The average Bonchev–Trinajstić information content (AvgIpc) is 3.33. The van der Waals surface area contributed by atoms with Gasteiger partial charge in [-0.2, -0.15) is 5.10 Å². The van der Waals surface area contributed by atoms with Gasteiger partial charge in [0.15, 0.2) is 0 Å². The molecule has 0 aliphatic carbocycles. The van der Waals surface area contributed by atoms with Gasteiger partial charge in [-0.3, -0.25) is 14.3 Å². The first-order valence-electron chi connectivity index (χ1n) is 9.92. The Kier molecular flexibility index (Phi) is 5.36. The number of thiazole rings is 1. The molecule has 2 amide bonds. The number of rotatable bonds is 3. The van der Waals surface area contributed by atoms with Crippen molar-refractivity contribution in [2.75, 3.05) is 18.4 Å². The second-order valence-corrected chi connectivity index (χ2v) is 8.93. The molecule has 0 radical (unpaired) electrons. The molecule has 0 atom stereocenters. The molecular weight excluding hydrogens is 386 g/mol. The normalized spacial score (nSPS) is 15.2. The summed E-state index contributed by atoms with van der Waals surface area (Å²) in [6.45, 7) is 7.34. The van der Waals surface area contributed by atoms with Gasteiger partial charge in [-0.25, -0.2) is 4.98 Å². The van der Waals surface area contributed by atoms with Crippen LogP contribution in [0.15, 0.2) is 30.6 Å². The standard InChI is InChI=1S/C21H25N5O2S/c1-13(2)20-24-17-5-4-15(10-18(17)29-20)23-19(27)21(28)25-8-6-16(7-9-25)26-12-14(3)11-22-26/h4-5,10-13,16H,6-9H2,1-3H3,(H,23,27). The van der Waals surface area contributed by atoms with Gasteiger partial charge in [-0.1, -0.05) is 13.8 Å². The third-order valence-electron chi connectivity index (χ3n) is 5.21. The Hall–Kier alpha value is -2.74. The number of hydrogen-bond donors (Lipinski definition) is 1. The van der Waals surface area contributed by atoms with Crippen LogP contribution in [0.2, 0.25) is 0 Å². The SMILES string of the molecule is Cc1cnn(C2CCN(C(=O)C(=O)Nc3ccc4nc(C(C)C)sc4c3)CC2)c1. The van der Waals surface area contributed by atoms with Gasteiger partial charge >= 0.3 is 11.8 Å². The van der Waals surface area contributed by atoms with Crippen molar-refractivity contribution in [3.05, 3.63) is 41.2 Å². The smallest absolute Gasteiger partial charge is 0.313 e. The van der Waals surface area contributed by atoms with Gasteiger partial charge in [0.2, 0.25) is 0 Å². The zero-order valence-corrected chi connectivity index (χ0v) is 17.7. The molecule has 0 bridgehead atoms. The first-order valence-corrected chi connectivity index (χ1v) is 10.7. The van der Waals surface area contributed by atoms with E-state index in [1.165, 1.54) is 0 Å². The maximum Gasteiger partial charge on any atom is 0.313 e. The summed E-state index contributed by atoms with van der Waals surface area (Å²) in [4.78, 5) is 31.3. The minimum absolute atomic E-state index is 0.278. The largest absolute Gasteiger partial charge is 0.334 e. The quantitative estimate of drug-likeness (QED) is 0.666. The summed E-state index contributed by atoms with van der Waals surface area (Å²) in [7, 11) is 0. The minimum atomic E-state index is -0.591. The molecule has 0 unspecified atom stereocenters. The number of nitrogens with zero attached hydrogens (tertiary/aromatic N) is 4. The van der Waals surface area contributed by atoms with Crippen molar-refractivity contribution in [2.24, 2.45) is 0 Å². The van der Waals surface area contributed by atoms with E-state index >= 15 is 0 Å². The summed E-state index contributed by atoms with van der Waals surface area (Å²) in [5.41, 5.74) is 2.66. The van der Waals surface area contributed by atoms with Crippen LogP contribution < -0.4 is 5.32 Å². The highest BCUT2D eigenvalue weighted by Gasteiger charge is 2.28. The topological polar surface area (TPSA) is 80.1 Å². The second-order valence-electron chi connectivity index (χ2n) is 7.86. The molecule has 0 spiro atoms. The number of aryl methyl sites for hydroxylation is 1. The Balaban J connectivity index is 1.37. The third kappa shape index (κ3) is 4.17. The number of fused-ring (bicyclic) bond motifs is 1. The predicted octanol–water partition coefficient (Wildman–Crippen LogP) is 3.73. The van der Waals surface area contributed by atoms with Crippen LogP contribution in [0.25, 0.3) is 10.2 Å². The molecule has 1 saturated heterocycles. The van der Waals surface area contributed by atoms with E-state index in [9.17, 15) is 9.59 Å². The van der Waals surface area contributed by atoms with Crippen LogP contribution in [0.3, 0.4) is 0 Å². The fourth-order valence-corrected chi connectivity index (χ4v) is 4.57. The number of amides is 2. The molecule has 0 saturated carbocycles. The summed E-state index contributed by atoms with van der Waals surface area (Å²) in [5, 5.41) is 8.18. The number of aromatic nitrogens is 3. The van der Waals surface area contributed by atoms with Crippen LogP contribution in [-0.4, -0.2) is 44.6 Å². The van der Waals surface area contributed by atoms with Crippen molar-refractivity contribution in [3.8, 4) is 0 Å². The Labute approximate surface area is 173 Å². The maximum absolute atomic E-state index is 12.6. The zero-order valence-electron chi connectivity index (χ0n) is 16.9. The lowest BCUT2D eigenvalue weighted by Gasteiger charge is -2.31. The number of likely N-dealkylation sites (tertiary alicyclic amines) is 1. The Morgan fingerprint density at radius 3 is 2.66 bits per heavy atom. The van der Waals surface area contributed by atoms with E-state index in [1.54, 1.807) is 22.3 Å². The summed E-state index contributed by atoms with van der Waals surface area (Å²) >= 11 is 1.62. The van der Waals surface area contributed by atoms with Gasteiger partial charge in [-0.15, -0.1) is 11.3 Å². The van der Waals surface area contributed by atoms with Gasteiger partial charge in [0, 0.05) is 30.9 Å². The summed E-state index contributed by atoms with van der Waals surface area (Å²) < 4.78 is 2.97. The average molecular weight is 412 g/mol. The van der Waals surface area contributed by atoms with Crippen LogP contribution >= 0.6 is 11.3 Å². The molecule has 152 valence electrons. The lowest BCUT2D eigenvalue weighted by atomic mass is 10.1. The van der Waals surface area contributed by atoms with Crippen molar-refractivity contribution >= 4 is 39.1 Å². The molecule has 3 aromatic rings. The first-order chi connectivity index (χ1) is 13.9. The van der Waals surface area contributed by atoms with E-state index in [1.807, 2.05) is 36.1 Å². The number of carbonyl (C=O) groups is 2. The molecule has 1 aliphatic heterocycles. The van der Waals surface area contributed by atoms with E-state index in [0.717, 1.165) is 33.6 Å². The highest BCUT2D eigenvalue weighted by atomic mass is 32.1. The van der Waals surface area contributed by atoms with Gasteiger partial charge < -0.3 is 10.2 Å². The summed E-state index contributed by atoms with van der Waals surface area (Å²) in [6, 6.07) is 5.84. The second kappa shape index (κ2) is 7.94. The fraction of sp³-hybridized carbons (Fsp3) is 0.429. The van der Waals surface area contributed by atoms with Crippen LogP contribution in [0.4, 0.5) is 5.69 Å². The van der Waals surface area contributed by atoms with Crippen LogP contribution in [0.5, 0.6) is 0 Å². The predicted molar refractivity (Wildman–Crippen MR) is 114 cm³/mol. The minimum Gasteiger partial charge on any atom is -0.334 e. The number of benzene rings is 1.